The molecular formula is C21H18O4. The number of ether oxygens (including phenoxy) is 3. The van der Waals surface area contributed by atoms with Crippen LogP contribution in [0.4, 0.5) is 0 Å². The van der Waals surface area contributed by atoms with Crippen LogP contribution in [0, 0.1) is 0 Å². The lowest BCUT2D eigenvalue weighted by Crippen LogP contribution is -2.14. The van der Waals surface area contributed by atoms with Gasteiger partial charge in [0.25, 0.3) is 0 Å². The first-order chi connectivity index (χ1) is 12.0. The third-order valence-electron chi connectivity index (χ3n) is 5.45. The molecule has 25 heavy (non-hydrogen) atoms. The summed E-state index contributed by atoms with van der Waals surface area (Å²) in [6, 6.07) is 12.1. The Morgan fingerprint density at radius 3 is 2.60 bits per heavy atom. The summed E-state index contributed by atoms with van der Waals surface area (Å²) in [5.74, 6) is 2.05. The average molecular weight is 334 g/mol. The van der Waals surface area contributed by atoms with Crippen molar-refractivity contribution in [3.63, 3.8) is 0 Å². The molecule has 0 bridgehead atoms. The fourth-order valence-corrected chi connectivity index (χ4v) is 4.23. The van der Waals surface area contributed by atoms with Crippen LogP contribution in [0.25, 0.3) is 21.9 Å². The van der Waals surface area contributed by atoms with E-state index in [9.17, 15) is 5.11 Å². The zero-order chi connectivity index (χ0) is 17.3. The maximum atomic E-state index is 10.7. The molecule has 0 saturated heterocycles. The van der Waals surface area contributed by atoms with E-state index in [0.717, 1.165) is 16.5 Å². The van der Waals surface area contributed by atoms with Gasteiger partial charge in [0.1, 0.15) is 5.75 Å². The third-order valence-corrected chi connectivity index (χ3v) is 5.45. The van der Waals surface area contributed by atoms with Gasteiger partial charge in [0.05, 0.1) is 7.11 Å². The second-order valence-corrected chi connectivity index (χ2v) is 7.05. The molecule has 4 nitrogen and oxygen atoms in total. The predicted molar refractivity (Wildman–Crippen MR) is 95.9 cm³/mol. The van der Waals surface area contributed by atoms with Crippen LogP contribution >= 0.6 is 0 Å². The van der Waals surface area contributed by atoms with Crippen LogP contribution in [0.15, 0.2) is 36.4 Å². The fourth-order valence-electron chi connectivity index (χ4n) is 4.23. The third kappa shape index (κ3) is 1.66. The summed E-state index contributed by atoms with van der Waals surface area (Å²) in [6.07, 6.45) is 0. The van der Waals surface area contributed by atoms with Crippen molar-refractivity contribution in [3.8, 4) is 34.1 Å². The molecule has 3 aromatic rings. The molecule has 3 aromatic carbocycles. The molecule has 1 aliphatic carbocycles. The first kappa shape index (κ1) is 14.5. The number of aromatic hydroxyl groups is 1. The van der Waals surface area contributed by atoms with E-state index in [-0.39, 0.29) is 18.0 Å². The molecule has 0 fully saturated rings. The molecule has 0 spiro atoms. The molecule has 0 radical (unpaired) electrons. The number of hydrogen-bond acceptors (Lipinski definition) is 4. The smallest absolute Gasteiger partial charge is 0.231 e. The molecule has 0 saturated carbocycles. The number of phenols is 1. The summed E-state index contributed by atoms with van der Waals surface area (Å²) in [5.41, 5.74) is 4.44. The predicted octanol–water partition coefficient (Wildman–Crippen LogP) is 4.59. The van der Waals surface area contributed by atoms with E-state index < -0.39 is 0 Å². The van der Waals surface area contributed by atoms with Crippen molar-refractivity contribution < 1.29 is 19.3 Å². The van der Waals surface area contributed by atoms with Crippen molar-refractivity contribution in [2.45, 2.75) is 19.3 Å². The normalized spacial score (nSPS) is 16.0. The SMILES string of the molecule is COc1cc2c(O)cc3c(c2c2c1OCO2)-c1ccccc1C3(C)C. The quantitative estimate of drug-likeness (QED) is 0.707. The molecule has 0 unspecified atom stereocenters. The molecule has 0 amide bonds. The maximum Gasteiger partial charge on any atom is 0.231 e. The van der Waals surface area contributed by atoms with Crippen LogP contribution in [0.1, 0.15) is 25.0 Å². The monoisotopic (exact) mass is 334 g/mol. The summed E-state index contributed by atoms with van der Waals surface area (Å²) < 4.78 is 16.9. The van der Waals surface area contributed by atoms with Gasteiger partial charge in [-0.1, -0.05) is 38.1 Å². The molecule has 4 heteroatoms. The molecular weight excluding hydrogens is 316 g/mol. The maximum absolute atomic E-state index is 10.7. The Morgan fingerprint density at radius 1 is 1.04 bits per heavy atom. The molecule has 2 aliphatic rings. The van der Waals surface area contributed by atoms with Crippen molar-refractivity contribution in [1.82, 2.24) is 0 Å². The first-order valence-electron chi connectivity index (χ1n) is 8.30. The second kappa shape index (κ2) is 4.60. The zero-order valence-corrected chi connectivity index (χ0v) is 14.3. The lowest BCUT2D eigenvalue weighted by molar-refractivity contribution is 0.172. The van der Waals surface area contributed by atoms with Crippen LogP contribution in [-0.2, 0) is 5.41 Å². The van der Waals surface area contributed by atoms with Gasteiger partial charge in [0, 0.05) is 16.2 Å². The Morgan fingerprint density at radius 2 is 1.80 bits per heavy atom. The first-order valence-corrected chi connectivity index (χ1v) is 8.30. The Hall–Kier alpha value is -2.88. The van der Waals surface area contributed by atoms with E-state index in [1.165, 1.54) is 11.1 Å². The van der Waals surface area contributed by atoms with Crippen LogP contribution < -0.4 is 14.2 Å². The Balaban J connectivity index is 2.01. The topological polar surface area (TPSA) is 47.9 Å². The number of benzene rings is 3. The summed E-state index contributed by atoms with van der Waals surface area (Å²) >= 11 is 0. The molecule has 0 atom stereocenters. The van der Waals surface area contributed by atoms with Gasteiger partial charge in [0.15, 0.2) is 11.5 Å². The number of phenolic OH excluding ortho intramolecular Hbond substituents is 1. The van der Waals surface area contributed by atoms with E-state index in [2.05, 4.69) is 32.0 Å². The van der Waals surface area contributed by atoms with Crippen molar-refractivity contribution in [3.05, 3.63) is 47.5 Å². The summed E-state index contributed by atoms with van der Waals surface area (Å²) in [4.78, 5) is 0. The van der Waals surface area contributed by atoms with E-state index in [1.54, 1.807) is 7.11 Å². The van der Waals surface area contributed by atoms with E-state index in [4.69, 9.17) is 14.2 Å². The Bertz CT molecular complexity index is 1050. The number of rotatable bonds is 1. The highest BCUT2D eigenvalue weighted by atomic mass is 16.7. The van der Waals surface area contributed by atoms with Gasteiger partial charge in [-0.05, 0) is 34.4 Å². The molecule has 0 aromatic heterocycles. The van der Waals surface area contributed by atoms with Gasteiger partial charge in [0.2, 0.25) is 12.5 Å². The molecule has 1 aliphatic heterocycles. The minimum absolute atomic E-state index is 0.153. The lowest BCUT2D eigenvalue weighted by Gasteiger charge is -2.22. The minimum Gasteiger partial charge on any atom is -0.507 e. The highest BCUT2D eigenvalue weighted by Crippen LogP contribution is 2.58. The van der Waals surface area contributed by atoms with Gasteiger partial charge in [-0.15, -0.1) is 0 Å². The number of hydrogen-bond donors (Lipinski definition) is 1. The molecule has 126 valence electrons. The van der Waals surface area contributed by atoms with Crippen molar-refractivity contribution in [2.24, 2.45) is 0 Å². The summed E-state index contributed by atoms with van der Waals surface area (Å²) in [5, 5.41) is 12.4. The van der Waals surface area contributed by atoms with Gasteiger partial charge in [-0.25, -0.2) is 0 Å². The van der Waals surface area contributed by atoms with Gasteiger partial charge in [-0.2, -0.15) is 0 Å². The standard InChI is InChI=1S/C21H18O4/c1-21(2)13-7-5-4-6-11(13)17-14(21)9-15(22)12-8-16(23-3)19-20(18(12)17)25-10-24-19/h4-9,22H,10H2,1-3H3. The average Bonchev–Trinajstić information content (AvgIpc) is 3.18. The van der Waals surface area contributed by atoms with Crippen LogP contribution in [0.3, 0.4) is 0 Å². The highest BCUT2D eigenvalue weighted by molar-refractivity contribution is 6.10. The van der Waals surface area contributed by atoms with Crippen molar-refractivity contribution in [2.75, 3.05) is 13.9 Å². The fraction of sp³-hybridized carbons (Fsp3) is 0.238. The lowest BCUT2D eigenvalue weighted by atomic mass is 9.82. The molecule has 1 heterocycles. The van der Waals surface area contributed by atoms with Crippen molar-refractivity contribution >= 4 is 10.8 Å². The van der Waals surface area contributed by atoms with E-state index in [0.29, 0.717) is 22.6 Å². The Kier molecular flexibility index (Phi) is 2.66. The van der Waals surface area contributed by atoms with E-state index >= 15 is 0 Å². The molecule has 1 N–H and O–H groups in total. The second-order valence-electron chi connectivity index (χ2n) is 7.05. The summed E-state index contributed by atoms with van der Waals surface area (Å²) in [6.45, 7) is 4.52. The largest absolute Gasteiger partial charge is 0.507 e. The number of fused-ring (bicyclic) bond motifs is 7. The Labute approximate surface area is 145 Å². The van der Waals surface area contributed by atoms with Gasteiger partial charge in [-0.3, -0.25) is 0 Å². The van der Waals surface area contributed by atoms with Crippen LogP contribution in [0.5, 0.6) is 23.0 Å². The van der Waals surface area contributed by atoms with Crippen molar-refractivity contribution in [1.29, 1.82) is 0 Å². The van der Waals surface area contributed by atoms with E-state index in [1.807, 2.05) is 18.2 Å². The van der Waals surface area contributed by atoms with Crippen LogP contribution in [0.2, 0.25) is 0 Å². The van der Waals surface area contributed by atoms with Gasteiger partial charge < -0.3 is 19.3 Å². The highest BCUT2D eigenvalue weighted by Gasteiger charge is 2.39. The molecule has 5 rings (SSSR count). The minimum atomic E-state index is -0.191. The number of methoxy groups -OCH3 is 1. The van der Waals surface area contributed by atoms with Crippen LogP contribution in [-0.4, -0.2) is 19.0 Å². The summed E-state index contributed by atoms with van der Waals surface area (Å²) in [7, 11) is 1.59. The zero-order valence-electron chi connectivity index (χ0n) is 14.3. The van der Waals surface area contributed by atoms with Gasteiger partial charge >= 0.3 is 0 Å².